The molecule has 0 radical (unpaired) electrons. The zero-order valence-electron chi connectivity index (χ0n) is 9.66. The summed E-state index contributed by atoms with van der Waals surface area (Å²) in [7, 11) is 0. The standard InChI is InChI=1S/C12H24N2O/c13-7-2-10-15-12-5-8-14(9-6-12)11-3-1-4-11/h11-12H,1-10,13H2. The number of nitrogens with two attached hydrogens (primary N) is 1. The summed E-state index contributed by atoms with van der Waals surface area (Å²) in [6.45, 7) is 4.10. The van der Waals surface area contributed by atoms with Gasteiger partial charge >= 0.3 is 0 Å². The lowest BCUT2D eigenvalue weighted by Gasteiger charge is -2.41. The first-order valence-corrected chi connectivity index (χ1v) is 6.46. The van der Waals surface area contributed by atoms with E-state index in [1.807, 2.05) is 0 Å². The second kappa shape index (κ2) is 5.83. The molecule has 0 spiro atoms. The summed E-state index contributed by atoms with van der Waals surface area (Å²) in [5, 5.41) is 0. The number of hydrogen-bond donors (Lipinski definition) is 1. The predicted molar refractivity (Wildman–Crippen MR) is 61.9 cm³/mol. The summed E-state index contributed by atoms with van der Waals surface area (Å²) in [6.07, 6.45) is 8.26. The Morgan fingerprint density at radius 1 is 1.13 bits per heavy atom. The van der Waals surface area contributed by atoms with Gasteiger partial charge in [0.15, 0.2) is 0 Å². The van der Waals surface area contributed by atoms with Crippen molar-refractivity contribution in [1.82, 2.24) is 4.90 Å². The normalized spacial score (nSPS) is 25.4. The number of piperidine rings is 1. The van der Waals surface area contributed by atoms with Gasteiger partial charge < -0.3 is 15.4 Å². The lowest BCUT2D eigenvalue weighted by molar-refractivity contribution is -0.0115. The first-order valence-electron chi connectivity index (χ1n) is 6.46. The SMILES string of the molecule is NCCCOC1CCN(C2CCC2)CC1. The molecule has 1 heterocycles. The van der Waals surface area contributed by atoms with Crippen LogP contribution in [0, 0.1) is 0 Å². The van der Waals surface area contributed by atoms with E-state index in [1.165, 1.54) is 45.2 Å². The molecule has 2 fully saturated rings. The molecule has 0 unspecified atom stereocenters. The molecule has 2 rings (SSSR count). The largest absolute Gasteiger partial charge is 0.378 e. The highest BCUT2D eigenvalue weighted by molar-refractivity contribution is 4.83. The molecular formula is C12H24N2O. The summed E-state index contributed by atoms with van der Waals surface area (Å²) < 4.78 is 5.80. The number of likely N-dealkylation sites (tertiary alicyclic amines) is 1. The minimum Gasteiger partial charge on any atom is -0.378 e. The van der Waals surface area contributed by atoms with E-state index in [9.17, 15) is 0 Å². The van der Waals surface area contributed by atoms with Crippen molar-refractivity contribution < 1.29 is 4.74 Å². The average molecular weight is 212 g/mol. The van der Waals surface area contributed by atoms with E-state index in [0.29, 0.717) is 6.10 Å². The molecule has 0 atom stereocenters. The van der Waals surface area contributed by atoms with Crippen molar-refractivity contribution in [3.8, 4) is 0 Å². The molecular weight excluding hydrogens is 188 g/mol. The van der Waals surface area contributed by atoms with Crippen LogP contribution in [0.5, 0.6) is 0 Å². The van der Waals surface area contributed by atoms with Gasteiger partial charge in [0.05, 0.1) is 6.10 Å². The van der Waals surface area contributed by atoms with E-state index in [-0.39, 0.29) is 0 Å². The summed E-state index contributed by atoms with van der Waals surface area (Å²) in [4.78, 5) is 2.66. The van der Waals surface area contributed by atoms with Crippen LogP contribution >= 0.6 is 0 Å². The fraction of sp³-hybridized carbons (Fsp3) is 1.00. The van der Waals surface area contributed by atoms with Crippen LogP contribution in [-0.2, 0) is 4.74 Å². The molecule has 1 saturated heterocycles. The Labute approximate surface area is 93.0 Å². The Hall–Kier alpha value is -0.120. The van der Waals surface area contributed by atoms with Gasteiger partial charge in [-0.2, -0.15) is 0 Å². The van der Waals surface area contributed by atoms with E-state index in [2.05, 4.69) is 4.90 Å². The van der Waals surface area contributed by atoms with E-state index in [1.54, 1.807) is 0 Å². The van der Waals surface area contributed by atoms with Gasteiger partial charge in [0.1, 0.15) is 0 Å². The second-order valence-electron chi connectivity index (χ2n) is 4.83. The number of nitrogens with zero attached hydrogens (tertiary/aromatic N) is 1. The van der Waals surface area contributed by atoms with Crippen molar-refractivity contribution in [3.63, 3.8) is 0 Å². The Kier molecular flexibility index (Phi) is 4.42. The van der Waals surface area contributed by atoms with Crippen molar-refractivity contribution in [2.24, 2.45) is 5.73 Å². The van der Waals surface area contributed by atoms with Crippen LogP contribution in [0.15, 0.2) is 0 Å². The molecule has 0 aromatic rings. The topological polar surface area (TPSA) is 38.5 Å². The van der Waals surface area contributed by atoms with E-state index in [4.69, 9.17) is 10.5 Å². The molecule has 1 aliphatic heterocycles. The van der Waals surface area contributed by atoms with Crippen LogP contribution in [0.3, 0.4) is 0 Å². The predicted octanol–water partition coefficient (Wildman–Crippen LogP) is 1.37. The van der Waals surface area contributed by atoms with Crippen LogP contribution in [0.2, 0.25) is 0 Å². The van der Waals surface area contributed by atoms with Crippen molar-refractivity contribution in [1.29, 1.82) is 0 Å². The molecule has 88 valence electrons. The number of ether oxygens (including phenoxy) is 1. The highest BCUT2D eigenvalue weighted by Gasteiger charge is 2.28. The Morgan fingerprint density at radius 3 is 2.40 bits per heavy atom. The summed E-state index contributed by atoms with van der Waals surface area (Å²) >= 11 is 0. The summed E-state index contributed by atoms with van der Waals surface area (Å²) in [5.41, 5.74) is 5.44. The minimum atomic E-state index is 0.507. The maximum absolute atomic E-state index is 5.80. The molecule has 1 aliphatic carbocycles. The third-order valence-corrected chi connectivity index (χ3v) is 3.77. The number of hydrogen-bond acceptors (Lipinski definition) is 3. The average Bonchev–Trinajstić information content (AvgIpc) is 2.18. The molecule has 2 N–H and O–H groups in total. The highest BCUT2D eigenvalue weighted by Crippen LogP contribution is 2.27. The van der Waals surface area contributed by atoms with Gasteiger partial charge in [-0.05, 0) is 38.6 Å². The summed E-state index contributed by atoms with van der Waals surface area (Å²) in [6, 6.07) is 0.912. The van der Waals surface area contributed by atoms with E-state index < -0.39 is 0 Å². The molecule has 3 heteroatoms. The minimum absolute atomic E-state index is 0.507. The lowest BCUT2D eigenvalue weighted by Crippen LogP contribution is -2.46. The van der Waals surface area contributed by atoms with Crippen molar-refractivity contribution in [2.45, 2.75) is 50.7 Å². The molecule has 0 aromatic carbocycles. The first kappa shape index (κ1) is 11.4. The zero-order chi connectivity index (χ0) is 10.5. The Morgan fingerprint density at radius 2 is 1.87 bits per heavy atom. The second-order valence-corrected chi connectivity index (χ2v) is 4.83. The van der Waals surface area contributed by atoms with E-state index >= 15 is 0 Å². The van der Waals surface area contributed by atoms with Crippen LogP contribution in [-0.4, -0.2) is 43.3 Å². The smallest absolute Gasteiger partial charge is 0.0599 e. The van der Waals surface area contributed by atoms with Gasteiger partial charge in [-0.3, -0.25) is 0 Å². The van der Waals surface area contributed by atoms with Gasteiger partial charge in [0, 0.05) is 25.7 Å². The van der Waals surface area contributed by atoms with Crippen molar-refractivity contribution in [3.05, 3.63) is 0 Å². The first-order chi connectivity index (χ1) is 7.40. The van der Waals surface area contributed by atoms with Crippen LogP contribution < -0.4 is 5.73 Å². The fourth-order valence-electron chi connectivity index (χ4n) is 2.49. The maximum atomic E-state index is 5.80. The van der Waals surface area contributed by atoms with Crippen LogP contribution in [0.4, 0.5) is 0 Å². The quantitative estimate of drug-likeness (QED) is 0.700. The lowest BCUT2D eigenvalue weighted by atomic mass is 9.90. The third-order valence-electron chi connectivity index (χ3n) is 3.77. The van der Waals surface area contributed by atoms with Gasteiger partial charge in [-0.15, -0.1) is 0 Å². The third kappa shape index (κ3) is 3.16. The van der Waals surface area contributed by atoms with Crippen LogP contribution in [0.1, 0.15) is 38.5 Å². The van der Waals surface area contributed by atoms with Gasteiger partial charge in [0.25, 0.3) is 0 Å². The zero-order valence-corrected chi connectivity index (χ0v) is 9.66. The Balaban J connectivity index is 1.59. The molecule has 0 amide bonds. The molecule has 15 heavy (non-hydrogen) atoms. The van der Waals surface area contributed by atoms with Gasteiger partial charge in [-0.25, -0.2) is 0 Å². The molecule has 0 aromatic heterocycles. The molecule has 0 bridgehead atoms. The monoisotopic (exact) mass is 212 g/mol. The van der Waals surface area contributed by atoms with E-state index in [0.717, 1.165) is 25.6 Å². The van der Waals surface area contributed by atoms with Gasteiger partial charge in [-0.1, -0.05) is 6.42 Å². The highest BCUT2D eigenvalue weighted by atomic mass is 16.5. The maximum Gasteiger partial charge on any atom is 0.0599 e. The van der Waals surface area contributed by atoms with Crippen LogP contribution in [0.25, 0.3) is 0 Å². The number of rotatable bonds is 5. The molecule has 2 aliphatic rings. The summed E-state index contributed by atoms with van der Waals surface area (Å²) in [5.74, 6) is 0. The molecule has 3 nitrogen and oxygen atoms in total. The van der Waals surface area contributed by atoms with Gasteiger partial charge in [0.2, 0.25) is 0 Å². The Bertz CT molecular complexity index is 174. The molecule has 1 saturated carbocycles. The fourth-order valence-corrected chi connectivity index (χ4v) is 2.49. The van der Waals surface area contributed by atoms with Crippen molar-refractivity contribution >= 4 is 0 Å². The van der Waals surface area contributed by atoms with Crippen molar-refractivity contribution in [2.75, 3.05) is 26.2 Å².